The highest BCUT2D eigenvalue weighted by molar-refractivity contribution is 5.82. The molecule has 166 valence electrons. The predicted octanol–water partition coefficient (Wildman–Crippen LogP) is 3.37. The topological polar surface area (TPSA) is 58.6 Å². The Bertz CT molecular complexity index is 826. The van der Waals surface area contributed by atoms with Gasteiger partial charge in [0.1, 0.15) is 5.82 Å². The summed E-state index contributed by atoms with van der Waals surface area (Å²) in [4.78, 5) is 26.8. The van der Waals surface area contributed by atoms with Gasteiger partial charge in [-0.05, 0) is 48.9 Å². The van der Waals surface area contributed by atoms with E-state index in [1.165, 1.54) is 17.7 Å². The second-order valence-corrected chi connectivity index (χ2v) is 7.97. The Morgan fingerprint density at radius 2 is 1.81 bits per heavy atom. The number of rotatable bonds is 10. The molecule has 1 fully saturated rings. The molecular formula is C25H31FN2O3. The SMILES string of the molecule is O=C(NCCCOCCc1ccccc1)C1CCCN(C(=O)Cc2ccc(F)cc2)C1. The van der Waals surface area contributed by atoms with Crippen LogP contribution in [-0.2, 0) is 27.2 Å². The number of benzene rings is 2. The number of hydrogen-bond acceptors (Lipinski definition) is 3. The number of amides is 2. The zero-order valence-electron chi connectivity index (χ0n) is 17.9. The van der Waals surface area contributed by atoms with Gasteiger partial charge in [0.15, 0.2) is 0 Å². The Morgan fingerprint density at radius 1 is 1.03 bits per heavy atom. The highest BCUT2D eigenvalue weighted by Gasteiger charge is 2.28. The van der Waals surface area contributed by atoms with Crippen molar-refractivity contribution in [2.24, 2.45) is 5.92 Å². The average molecular weight is 427 g/mol. The molecule has 2 aromatic carbocycles. The molecule has 1 N–H and O–H groups in total. The third-order valence-electron chi connectivity index (χ3n) is 5.56. The minimum absolute atomic E-state index is 0.00330. The molecule has 1 heterocycles. The van der Waals surface area contributed by atoms with Gasteiger partial charge in [-0.1, -0.05) is 42.5 Å². The van der Waals surface area contributed by atoms with E-state index in [1.54, 1.807) is 17.0 Å². The molecule has 1 aliphatic rings. The molecule has 3 rings (SSSR count). The van der Waals surface area contributed by atoms with Gasteiger partial charge in [0, 0.05) is 26.2 Å². The maximum absolute atomic E-state index is 13.0. The molecule has 1 saturated heterocycles. The number of nitrogens with zero attached hydrogens (tertiary/aromatic N) is 1. The molecule has 2 aromatic rings. The first-order valence-electron chi connectivity index (χ1n) is 11.0. The smallest absolute Gasteiger partial charge is 0.227 e. The first-order chi connectivity index (χ1) is 15.1. The summed E-state index contributed by atoms with van der Waals surface area (Å²) < 4.78 is 18.7. The Hall–Kier alpha value is -2.73. The first-order valence-corrected chi connectivity index (χ1v) is 11.0. The lowest BCUT2D eigenvalue weighted by Gasteiger charge is -2.32. The summed E-state index contributed by atoms with van der Waals surface area (Å²) in [7, 11) is 0. The third-order valence-corrected chi connectivity index (χ3v) is 5.56. The molecule has 2 amide bonds. The fourth-order valence-corrected chi connectivity index (χ4v) is 3.77. The molecular weight excluding hydrogens is 395 g/mol. The van der Waals surface area contributed by atoms with Gasteiger partial charge < -0.3 is 15.0 Å². The van der Waals surface area contributed by atoms with Crippen LogP contribution in [0.2, 0.25) is 0 Å². The van der Waals surface area contributed by atoms with Crippen LogP contribution in [0.3, 0.4) is 0 Å². The van der Waals surface area contributed by atoms with Gasteiger partial charge in [0.25, 0.3) is 0 Å². The molecule has 6 heteroatoms. The van der Waals surface area contributed by atoms with Crippen LogP contribution >= 0.6 is 0 Å². The number of piperidine rings is 1. The number of hydrogen-bond donors (Lipinski definition) is 1. The lowest BCUT2D eigenvalue weighted by molar-refractivity contribution is -0.135. The lowest BCUT2D eigenvalue weighted by atomic mass is 9.96. The van der Waals surface area contributed by atoms with Crippen LogP contribution in [0, 0.1) is 11.7 Å². The molecule has 1 aliphatic heterocycles. The van der Waals surface area contributed by atoms with E-state index < -0.39 is 0 Å². The summed E-state index contributed by atoms with van der Waals surface area (Å²) >= 11 is 0. The fourth-order valence-electron chi connectivity index (χ4n) is 3.77. The van der Waals surface area contributed by atoms with Crippen molar-refractivity contribution in [3.63, 3.8) is 0 Å². The minimum atomic E-state index is -0.312. The van der Waals surface area contributed by atoms with Crippen LogP contribution in [0.25, 0.3) is 0 Å². The molecule has 1 unspecified atom stereocenters. The van der Waals surface area contributed by atoms with Crippen LogP contribution in [0.1, 0.15) is 30.4 Å². The van der Waals surface area contributed by atoms with E-state index in [9.17, 15) is 14.0 Å². The van der Waals surface area contributed by atoms with Gasteiger partial charge in [0.2, 0.25) is 11.8 Å². The van der Waals surface area contributed by atoms with Gasteiger partial charge in [0.05, 0.1) is 18.9 Å². The van der Waals surface area contributed by atoms with Crippen molar-refractivity contribution in [1.29, 1.82) is 0 Å². The summed E-state index contributed by atoms with van der Waals surface area (Å²) in [5.41, 5.74) is 2.04. The summed E-state index contributed by atoms with van der Waals surface area (Å²) in [5.74, 6) is -0.503. The standard InChI is InChI=1S/C25H31FN2O3/c26-23-11-9-21(10-12-23)18-24(29)28-15-4-8-22(19-28)25(30)27-14-5-16-31-17-13-20-6-2-1-3-7-20/h1-3,6-7,9-12,22H,4-5,8,13-19H2,(H,27,30). The number of halogens is 1. The lowest BCUT2D eigenvalue weighted by Crippen LogP contribution is -2.46. The molecule has 1 atom stereocenters. The minimum Gasteiger partial charge on any atom is -0.381 e. The summed E-state index contributed by atoms with van der Waals surface area (Å²) in [5, 5.41) is 2.98. The first kappa shape index (κ1) is 22.9. The third kappa shape index (κ3) is 7.79. The monoisotopic (exact) mass is 426 g/mol. The zero-order valence-corrected chi connectivity index (χ0v) is 17.9. The molecule has 5 nitrogen and oxygen atoms in total. The van der Waals surface area contributed by atoms with E-state index in [0.29, 0.717) is 32.8 Å². The van der Waals surface area contributed by atoms with Gasteiger partial charge in [-0.3, -0.25) is 9.59 Å². The average Bonchev–Trinajstić information content (AvgIpc) is 2.80. The van der Waals surface area contributed by atoms with Crippen molar-refractivity contribution >= 4 is 11.8 Å². The van der Waals surface area contributed by atoms with Crippen molar-refractivity contribution in [3.05, 3.63) is 71.5 Å². The maximum atomic E-state index is 13.0. The summed E-state index contributed by atoms with van der Waals surface area (Å²) in [6, 6.07) is 16.2. The van der Waals surface area contributed by atoms with Gasteiger partial charge in [-0.25, -0.2) is 4.39 Å². The number of likely N-dealkylation sites (tertiary alicyclic amines) is 1. The predicted molar refractivity (Wildman–Crippen MR) is 118 cm³/mol. The quantitative estimate of drug-likeness (QED) is 0.593. The van der Waals surface area contributed by atoms with Gasteiger partial charge in [-0.15, -0.1) is 0 Å². The van der Waals surface area contributed by atoms with E-state index in [-0.39, 0.29) is 30.0 Å². The molecule has 31 heavy (non-hydrogen) atoms. The van der Waals surface area contributed by atoms with Crippen molar-refractivity contribution in [2.45, 2.75) is 32.1 Å². The molecule has 0 aromatic heterocycles. The maximum Gasteiger partial charge on any atom is 0.227 e. The largest absolute Gasteiger partial charge is 0.381 e. The molecule has 0 aliphatic carbocycles. The Labute approximate surface area is 183 Å². The van der Waals surface area contributed by atoms with Crippen LogP contribution in [-0.4, -0.2) is 49.6 Å². The number of ether oxygens (including phenoxy) is 1. The van der Waals surface area contributed by atoms with Crippen molar-refractivity contribution < 1.29 is 18.7 Å². The van der Waals surface area contributed by atoms with Crippen LogP contribution in [0.4, 0.5) is 4.39 Å². The number of nitrogens with one attached hydrogen (secondary N) is 1. The molecule has 0 radical (unpaired) electrons. The van der Waals surface area contributed by atoms with Crippen molar-refractivity contribution in [1.82, 2.24) is 10.2 Å². The number of carbonyl (C=O) groups excluding carboxylic acids is 2. The normalized spacial score (nSPS) is 16.2. The van der Waals surface area contributed by atoms with Gasteiger partial charge >= 0.3 is 0 Å². The number of carbonyl (C=O) groups is 2. The van der Waals surface area contributed by atoms with Crippen LogP contribution < -0.4 is 5.32 Å². The second-order valence-electron chi connectivity index (χ2n) is 7.97. The highest BCUT2D eigenvalue weighted by atomic mass is 19.1. The van der Waals surface area contributed by atoms with Crippen LogP contribution in [0.15, 0.2) is 54.6 Å². The van der Waals surface area contributed by atoms with Crippen molar-refractivity contribution in [2.75, 3.05) is 32.8 Å². The van der Waals surface area contributed by atoms with E-state index in [0.717, 1.165) is 31.2 Å². The fraction of sp³-hybridized carbons (Fsp3) is 0.440. The molecule has 0 bridgehead atoms. The molecule has 0 saturated carbocycles. The van der Waals surface area contributed by atoms with Crippen LogP contribution in [0.5, 0.6) is 0 Å². The summed E-state index contributed by atoms with van der Waals surface area (Å²) in [6.07, 6.45) is 3.49. The Morgan fingerprint density at radius 3 is 2.58 bits per heavy atom. The zero-order chi connectivity index (χ0) is 21.9. The molecule has 0 spiro atoms. The Balaban J connectivity index is 1.30. The van der Waals surface area contributed by atoms with E-state index in [1.807, 2.05) is 18.2 Å². The Kier molecular flexibility index (Phi) is 9.03. The highest BCUT2D eigenvalue weighted by Crippen LogP contribution is 2.18. The van der Waals surface area contributed by atoms with E-state index in [4.69, 9.17) is 4.74 Å². The van der Waals surface area contributed by atoms with E-state index >= 15 is 0 Å². The van der Waals surface area contributed by atoms with Gasteiger partial charge in [-0.2, -0.15) is 0 Å². The van der Waals surface area contributed by atoms with E-state index in [2.05, 4.69) is 17.4 Å². The van der Waals surface area contributed by atoms with Crippen molar-refractivity contribution in [3.8, 4) is 0 Å². The summed E-state index contributed by atoms with van der Waals surface area (Å²) in [6.45, 7) is 2.97. The second kappa shape index (κ2) is 12.2.